The SMILES string of the molecule is COc1ccc(OC)c(C(=O)ON=C(N)c2ccccn2)c1. The molecule has 0 radical (unpaired) electrons. The second kappa shape index (κ2) is 7.07. The van der Waals surface area contributed by atoms with Crippen molar-refractivity contribution in [3.63, 3.8) is 0 Å². The molecule has 22 heavy (non-hydrogen) atoms. The van der Waals surface area contributed by atoms with E-state index >= 15 is 0 Å². The van der Waals surface area contributed by atoms with Crippen LogP contribution in [0.3, 0.4) is 0 Å². The van der Waals surface area contributed by atoms with Crippen LogP contribution in [0, 0.1) is 0 Å². The molecule has 114 valence electrons. The molecule has 1 aromatic heterocycles. The number of hydrogen-bond donors (Lipinski definition) is 1. The van der Waals surface area contributed by atoms with Crippen LogP contribution in [0.4, 0.5) is 0 Å². The third-order valence-corrected chi connectivity index (χ3v) is 2.78. The molecule has 0 spiro atoms. The van der Waals surface area contributed by atoms with E-state index in [4.69, 9.17) is 20.0 Å². The van der Waals surface area contributed by atoms with Gasteiger partial charge >= 0.3 is 5.97 Å². The van der Waals surface area contributed by atoms with Gasteiger partial charge in [0.25, 0.3) is 0 Å². The van der Waals surface area contributed by atoms with Crippen LogP contribution < -0.4 is 15.2 Å². The number of nitrogens with zero attached hydrogens (tertiary/aromatic N) is 2. The fourth-order valence-corrected chi connectivity index (χ4v) is 1.67. The molecule has 0 aliphatic heterocycles. The van der Waals surface area contributed by atoms with Crippen molar-refractivity contribution in [1.29, 1.82) is 0 Å². The van der Waals surface area contributed by atoms with E-state index in [0.29, 0.717) is 17.2 Å². The molecule has 1 aromatic carbocycles. The summed E-state index contributed by atoms with van der Waals surface area (Å²) in [5.41, 5.74) is 6.29. The number of ether oxygens (including phenoxy) is 2. The van der Waals surface area contributed by atoms with Gasteiger partial charge in [0.1, 0.15) is 22.8 Å². The highest BCUT2D eigenvalue weighted by Gasteiger charge is 2.16. The summed E-state index contributed by atoms with van der Waals surface area (Å²) in [6.45, 7) is 0. The van der Waals surface area contributed by atoms with Crippen LogP contribution in [0.1, 0.15) is 16.1 Å². The van der Waals surface area contributed by atoms with Gasteiger partial charge in [0.15, 0.2) is 5.84 Å². The molecule has 2 N–H and O–H groups in total. The van der Waals surface area contributed by atoms with E-state index in [2.05, 4.69) is 10.1 Å². The van der Waals surface area contributed by atoms with Crippen molar-refractivity contribution >= 4 is 11.8 Å². The van der Waals surface area contributed by atoms with Crippen LogP contribution >= 0.6 is 0 Å². The summed E-state index contributed by atoms with van der Waals surface area (Å²) in [7, 11) is 2.94. The second-order valence-electron chi connectivity index (χ2n) is 4.14. The third-order valence-electron chi connectivity index (χ3n) is 2.78. The average molecular weight is 301 g/mol. The zero-order chi connectivity index (χ0) is 15.9. The lowest BCUT2D eigenvalue weighted by molar-refractivity contribution is 0.0512. The van der Waals surface area contributed by atoms with Crippen molar-refractivity contribution in [2.75, 3.05) is 14.2 Å². The first-order valence-corrected chi connectivity index (χ1v) is 6.34. The van der Waals surface area contributed by atoms with Gasteiger partial charge in [-0.05, 0) is 30.3 Å². The van der Waals surface area contributed by atoms with Gasteiger partial charge in [0.05, 0.1) is 14.2 Å². The van der Waals surface area contributed by atoms with E-state index in [0.717, 1.165) is 0 Å². The van der Waals surface area contributed by atoms with Crippen molar-refractivity contribution < 1.29 is 19.1 Å². The molecule has 0 unspecified atom stereocenters. The Morgan fingerprint density at radius 1 is 1.18 bits per heavy atom. The lowest BCUT2D eigenvalue weighted by Gasteiger charge is -2.08. The predicted octanol–water partition coefficient (Wildman–Crippen LogP) is 1.58. The Kier molecular flexibility index (Phi) is 4.92. The highest BCUT2D eigenvalue weighted by atomic mass is 16.7. The standard InChI is InChI=1S/C15H15N3O4/c1-20-10-6-7-13(21-2)11(9-10)15(19)22-18-14(16)12-5-3-4-8-17-12/h3-9H,1-2H3,(H2,16,18). The van der Waals surface area contributed by atoms with E-state index in [9.17, 15) is 4.79 Å². The van der Waals surface area contributed by atoms with Crippen molar-refractivity contribution in [1.82, 2.24) is 4.98 Å². The summed E-state index contributed by atoms with van der Waals surface area (Å²) < 4.78 is 10.2. The normalized spacial score (nSPS) is 10.9. The molecule has 0 amide bonds. The van der Waals surface area contributed by atoms with Crippen LogP contribution in [0.2, 0.25) is 0 Å². The summed E-state index contributed by atoms with van der Waals surface area (Å²) in [6.07, 6.45) is 1.56. The maximum Gasteiger partial charge on any atom is 0.369 e. The first kappa shape index (κ1) is 15.3. The maximum absolute atomic E-state index is 12.1. The van der Waals surface area contributed by atoms with Crippen molar-refractivity contribution in [3.05, 3.63) is 53.9 Å². The lowest BCUT2D eigenvalue weighted by atomic mass is 10.2. The molecule has 0 fully saturated rings. The molecule has 0 atom stereocenters. The Labute approximate surface area is 127 Å². The summed E-state index contributed by atoms with van der Waals surface area (Å²) in [4.78, 5) is 20.9. The van der Waals surface area contributed by atoms with Crippen LogP contribution in [0.15, 0.2) is 47.8 Å². The molecule has 0 saturated heterocycles. The van der Waals surface area contributed by atoms with E-state index in [-0.39, 0.29) is 11.4 Å². The number of pyridine rings is 1. The minimum Gasteiger partial charge on any atom is -0.497 e. The van der Waals surface area contributed by atoms with Crippen molar-refractivity contribution in [2.45, 2.75) is 0 Å². The predicted molar refractivity (Wildman–Crippen MR) is 79.9 cm³/mol. The van der Waals surface area contributed by atoms with Gasteiger partial charge in [-0.25, -0.2) is 4.79 Å². The summed E-state index contributed by atoms with van der Waals surface area (Å²) >= 11 is 0. The van der Waals surface area contributed by atoms with Gasteiger partial charge in [-0.1, -0.05) is 11.2 Å². The number of rotatable bonds is 5. The molecule has 0 aliphatic rings. The minimum absolute atomic E-state index is 0.00388. The number of carbonyl (C=O) groups excluding carboxylic acids is 1. The molecule has 1 heterocycles. The van der Waals surface area contributed by atoms with Gasteiger partial charge < -0.3 is 20.0 Å². The Morgan fingerprint density at radius 3 is 2.64 bits per heavy atom. The monoisotopic (exact) mass is 301 g/mol. The smallest absolute Gasteiger partial charge is 0.369 e. The number of aromatic nitrogens is 1. The summed E-state index contributed by atoms with van der Waals surface area (Å²) in [5.74, 6) is 0.122. The van der Waals surface area contributed by atoms with Crippen LogP contribution in [0.25, 0.3) is 0 Å². The number of benzene rings is 1. The molecule has 7 nitrogen and oxygen atoms in total. The maximum atomic E-state index is 12.1. The minimum atomic E-state index is -0.713. The third kappa shape index (κ3) is 3.51. The topological polar surface area (TPSA) is 96.0 Å². The number of methoxy groups -OCH3 is 2. The van der Waals surface area contributed by atoms with E-state index in [1.807, 2.05) is 0 Å². The summed E-state index contributed by atoms with van der Waals surface area (Å²) in [5, 5.41) is 3.59. The fourth-order valence-electron chi connectivity index (χ4n) is 1.67. The molecule has 0 bridgehead atoms. The first-order chi connectivity index (χ1) is 10.7. The molecular weight excluding hydrogens is 286 g/mol. The summed E-state index contributed by atoms with van der Waals surface area (Å²) in [6, 6.07) is 9.90. The average Bonchev–Trinajstić information content (AvgIpc) is 2.59. The van der Waals surface area contributed by atoms with Gasteiger partial charge in [0, 0.05) is 6.20 Å². The van der Waals surface area contributed by atoms with Crippen LogP contribution in [-0.2, 0) is 4.84 Å². The first-order valence-electron chi connectivity index (χ1n) is 6.34. The molecule has 2 rings (SSSR count). The highest BCUT2D eigenvalue weighted by Crippen LogP contribution is 2.24. The number of carbonyl (C=O) groups is 1. The van der Waals surface area contributed by atoms with Crippen LogP contribution in [-0.4, -0.2) is 31.0 Å². The Bertz CT molecular complexity index is 686. The molecule has 7 heteroatoms. The van der Waals surface area contributed by atoms with Gasteiger partial charge in [-0.15, -0.1) is 0 Å². The quantitative estimate of drug-likeness (QED) is 0.390. The lowest BCUT2D eigenvalue weighted by Crippen LogP contribution is -2.16. The molecular formula is C15H15N3O4. The second-order valence-corrected chi connectivity index (χ2v) is 4.14. The number of amidine groups is 1. The number of hydrogen-bond acceptors (Lipinski definition) is 6. The van der Waals surface area contributed by atoms with E-state index in [1.54, 1.807) is 36.5 Å². The molecule has 2 aromatic rings. The number of nitrogens with two attached hydrogens (primary N) is 1. The largest absolute Gasteiger partial charge is 0.497 e. The van der Waals surface area contributed by atoms with E-state index < -0.39 is 5.97 Å². The van der Waals surface area contributed by atoms with Gasteiger partial charge in [-0.2, -0.15) is 0 Å². The Hall–Kier alpha value is -3.09. The molecule has 0 saturated carbocycles. The van der Waals surface area contributed by atoms with Crippen LogP contribution in [0.5, 0.6) is 11.5 Å². The highest BCUT2D eigenvalue weighted by molar-refractivity contribution is 5.97. The van der Waals surface area contributed by atoms with Gasteiger partial charge in [0.2, 0.25) is 0 Å². The van der Waals surface area contributed by atoms with Crippen molar-refractivity contribution in [3.8, 4) is 11.5 Å². The fraction of sp³-hybridized carbons (Fsp3) is 0.133. The molecule has 0 aliphatic carbocycles. The van der Waals surface area contributed by atoms with E-state index in [1.165, 1.54) is 20.3 Å². The van der Waals surface area contributed by atoms with Gasteiger partial charge in [-0.3, -0.25) is 4.98 Å². The number of oxime groups is 1. The zero-order valence-electron chi connectivity index (χ0n) is 12.1. The Morgan fingerprint density at radius 2 is 2.00 bits per heavy atom. The van der Waals surface area contributed by atoms with Crippen molar-refractivity contribution in [2.24, 2.45) is 10.9 Å². The zero-order valence-corrected chi connectivity index (χ0v) is 12.1. The Balaban J connectivity index is 2.19.